The van der Waals surface area contributed by atoms with Crippen LogP contribution >= 0.6 is 0 Å². The molecular weight excluding hydrogens is 236 g/mol. The lowest BCUT2D eigenvalue weighted by Gasteiger charge is -2.35. The van der Waals surface area contributed by atoms with Crippen LogP contribution in [0.25, 0.3) is 0 Å². The van der Waals surface area contributed by atoms with Gasteiger partial charge in [-0.15, -0.1) is 0 Å². The van der Waals surface area contributed by atoms with Crippen molar-refractivity contribution in [2.24, 2.45) is 0 Å². The summed E-state index contributed by atoms with van der Waals surface area (Å²) >= 11 is 0. The third kappa shape index (κ3) is 6.73. The Hall–Kier alpha value is -0.120. The summed E-state index contributed by atoms with van der Waals surface area (Å²) in [6.45, 7) is 10.1. The van der Waals surface area contributed by atoms with Gasteiger partial charge in [0.25, 0.3) is 0 Å². The van der Waals surface area contributed by atoms with Crippen molar-refractivity contribution in [2.75, 3.05) is 26.8 Å². The van der Waals surface area contributed by atoms with Crippen LogP contribution in [0.15, 0.2) is 0 Å². The van der Waals surface area contributed by atoms with Crippen LogP contribution in [0.5, 0.6) is 0 Å². The molecule has 0 saturated heterocycles. The van der Waals surface area contributed by atoms with E-state index in [9.17, 15) is 0 Å². The summed E-state index contributed by atoms with van der Waals surface area (Å²) in [5, 5.41) is 3.61. The number of hydrogen-bond donors (Lipinski definition) is 1. The van der Waals surface area contributed by atoms with E-state index in [2.05, 4.69) is 31.0 Å². The summed E-state index contributed by atoms with van der Waals surface area (Å²) in [5.74, 6) is 0. The lowest BCUT2D eigenvalue weighted by Crippen LogP contribution is -2.43. The van der Waals surface area contributed by atoms with Crippen LogP contribution in [0.4, 0.5) is 0 Å². The minimum atomic E-state index is 0.668. The van der Waals surface area contributed by atoms with E-state index >= 15 is 0 Å². The second-order valence-corrected chi connectivity index (χ2v) is 5.92. The Morgan fingerprint density at radius 2 is 1.95 bits per heavy atom. The topological polar surface area (TPSA) is 24.5 Å². The molecule has 0 aliphatic heterocycles. The van der Waals surface area contributed by atoms with E-state index in [0.717, 1.165) is 19.2 Å². The molecule has 1 atom stereocenters. The highest BCUT2D eigenvalue weighted by Crippen LogP contribution is 2.19. The molecule has 1 aliphatic carbocycles. The number of hydrogen-bond acceptors (Lipinski definition) is 3. The number of methoxy groups -OCH3 is 1. The van der Waals surface area contributed by atoms with Crippen molar-refractivity contribution in [3.05, 3.63) is 0 Å². The molecule has 0 aromatic rings. The van der Waals surface area contributed by atoms with Gasteiger partial charge in [-0.05, 0) is 52.0 Å². The van der Waals surface area contributed by atoms with E-state index in [1.807, 2.05) is 0 Å². The minimum Gasteiger partial charge on any atom is -0.383 e. The maximum absolute atomic E-state index is 5.27. The van der Waals surface area contributed by atoms with Gasteiger partial charge in [0, 0.05) is 31.8 Å². The van der Waals surface area contributed by atoms with Crippen molar-refractivity contribution >= 4 is 0 Å². The molecule has 0 bridgehead atoms. The predicted molar refractivity (Wildman–Crippen MR) is 82.7 cm³/mol. The lowest BCUT2D eigenvalue weighted by atomic mass is 10.0. The molecule has 114 valence electrons. The first-order chi connectivity index (χ1) is 9.22. The molecule has 1 unspecified atom stereocenters. The molecule has 0 radical (unpaired) electrons. The average Bonchev–Trinajstić information content (AvgIpc) is 3.23. The fourth-order valence-corrected chi connectivity index (χ4v) is 2.87. The second-order valence-electron chi connectivity index (χ2n) is 5.92. The smallest absolute Gasteiger partial charge is 0.0589 e. The first-order valence-electron chi connectivity index (χ1n) is 8.20. The number of rotatable bonds is 12. The molecule has 1 N–H and O–H groups in total. The van der Waals surface area contributed by atoms with E-state index in [0.29, 0.717) is 12.1 Å². The summed E-state index contributed by atoms with van der Waals surface area (Å²) in [4.78, 5) is 2.65. The molecule has 1 aliphatic rings. The Morgan fingerprint density at radius 3 is 2.47 bits per heavy atom. The fourth-order valence-electron chi connectivity index (χ4n) is 2.87. The van der Waals surface area contributed by atoms with Crippen LogP contribution < -0.4 is 5.32 Å². The van der Waals surface area contributed by atoms with E-state index in [4.69, 9.17) is 4.74 Å². The van der Waals surface area contributed by atoms with Crippen molar-refractivity contribution in [1.82, 2.24) is 10.2 Å². The predicted octanol–water partition coefficient (Wildman–Crippen LogP) is 3.04. The van der Waals surface area contributed by atoms with Gasteiger partial charge in [-0.1, -0.05) is 13.8 Å². The summed E-state index contributed by atoms with van der Waals surface area (Å²) < 4.78 is 5.27. The fraction of sp³-hybridized carbons (Fsp3) is 1.00. The van der Waals surface area contributed by atoms with Crippen LogP contribution in [0.1, 0.15) is 59.3 Å². The SMILES string of the molecule is CCC(CC)N(CCOC)C(C)CCCNC1CC1. The Labute approximate surface area is 120 Å². The van der Waals surface area contributed by atoms with Gasteiger partial charge in [0.15, 0.2) is 0 Å². The Kier molecular flexibility index (Phi) is 8.67. The van der Waals surface area contributed by atoms with E-state index in [1.54, 1.807) is 7.11 Å². The molecule has 3 heteroatoms. The third-order valence-corrected chi connectivity index (χ3v) is 4.34. The summed E-state index contributed by atoms with van der Waals surface area (Å²) in [7, 11) is 1.80. The molecule has 0 aromatic carbocycles. The minimum absolute atomic E-state index is 0.668. The van der Waals surface area contributed by atoms with Crippen LogP contribution in [0.3, 0.4) is 0 Å². The zero-order chi connectivity index (χ0) is 14.1. The van der Waals surface area contributed by atoms with Gasteiger partial charge in [-0.25, -0.2) is 0 Å². The first-order valence-corrected chi connectivity index (χ1v) is 8.20. The van der Waals surface area contributed by atoms with Crippen LogP contribution in [0, 0.1) is 0 Å². The highest BCUT2D eigenvalue weighted by molar-refractivity contribution is 4.81. The normalized spacial score (nSPS) is 17.4. The number of ether oxygens (including phenoxy) is 1. The van der Waals surface area contributed by atoms with E-state index in [1.165, 1.54) is 45.1 Å². The average molecular weight is 270 g/mol. The molecule has 0 spiro atoms. The standard InChI is InChI=1S/C16H34N2O/c1-5-16(6-2)18(12-13-19-4)14(3)8-7-11-17-15-9-10-15/h14-17H,5-13H2,1-4H3. The van der Waals surface area contributed by atoms with Crippen molar-refractivity contribution in [3.63, 3.8) is 0 Å². The number of nitrogens with one attached hydrogen (secondary N) is 1. The Bertz CT molecular complexity index is 215. The maximum atomic E-state index is 5.27. The molecule has 0 heterocycles. The highest BCUT2D eigenvalue weighted by atomic mass is 16.5. The molecule has 19 heavy (non-hydrogen) atoms. The van der Waals surface area contributed by atoms with Crippen molar-refractivity contribution < 1.29 is 4.74 Å². The van der Waals surface area contributed by atoms with Crippen molar-refractivity contribution in [1.29, 1.82) is 0 Å². The monoisotopic (exact) mass is 270 g/mol. The largest absolute Gasteiger partial charge is 0.383 e. The van der Waals surface area contributed by atoms with Crippen LogP contribution in [-0.2, 0) is 4.74 Å². The van der Waals surface area contributed by atoms with Crippen LogP contribution in [-0.4, -0.2) is 49.8 Å². The zero-order valence-corrected chi connectivity index (χ0v) is 13.5. The molecule has 1 fully saturated rings. The Balaban J connectivity index is 2.28. The van der Waals surface area contributed by atoms with Gasteiger partial charge in [-0.3, -0.25) is 4.90 Å². The lowest BCUT2D eigenvalue weighted by molar-refractivity contribution is 0.0815. The van der Waals surface area contributed by atoms with Crippen molar-refractivity contribution in [2.45, 2.75) is 77.4 Å². The van der Waals surface area contributed by atoms with Gasteiger partial charge < -0.3 is 10.1 Å². The van der Waals surface area contributed by atoms with E-state index < -0.39 is 0 Å². The van der Waals surface area contributed by atoms with Gasteiger partial charge >= 0.3 is 0 Å². The molecule has 1 rings (SSSR count). The van der Waals surface area contributed by atoms with Gasteiger partial charge in [-0.2, -0.15) is 0 Å². The third-order valence-electron chi connectivity index (χ3n) is 4.34. The highest BCUT2D eigenvalue weighted by Gasteiger charge is 2.22. The first kappa shape index (κ1) is 16.9. The van der Waals surface area contributed by atoms with E-state index in [-0.39, 0.29) is 0 Å². The molecule has 1 saturated carbocycles. The summed E-state index contributed by atoms with van der Waals surface area (Å²) in [6, 6.07) is 2.22. The Morgan fingerprint density at radius 1 is 1.26 bits per heavy atom. The molecule has 3 nitrogen and oxygen atoms in total. The summed E-state index contributed by atoms with van der Waals surface area (Å²) in [6.07, 6.45) is 7.85. The molecule has 0 amide bonds. The second kappa shape index (κ2) is 9.73. The molecule has 0 aromatic heterocycles. The quantitative estimate of drug-likeness (QED) is 0.552. The molecular formula is C16H34N2O. The van der Waals surface area contributed by atoms with Gasteiger partial charge in [0.2, 0.25) is 0 Å². The number of nitrogens with zero attached hydrogens (tertiary/aromatic N) is 1. The van der Waals surface area contributed by atoms with Gasteiger partial charge in [0.1, 0.15) is 0 Å². The van der Waals surface area contributed by atoms with Crippen molar-refractivity contribution in [3.8, 4) is 0 Å². The summed E-state index contributed by atoms with van der Waals surface area (Å²) in [5.41, 5.74) is 0. The zero-order valence-electron chi connectivity index (χ0n) is 13.5. The van der Waals surface area contributed by atoms with Gasteiger partial charge in [0.05, 0.1) is 6.61 Å². The maximum Gasteiger partial charge on any atom is 0.0589 e. The van der Waals surface area contributed by atoms with Crippen LogP contribution in [0.2, 0.25) is 0 Å².